The molecule has 6 nitrogen and oxygen atoms in total. The van der Waals surface area contributed by atoms with Gasteiger partial charge in [0.2, 0.25) is 15.9 Å². The molecule has 0 fully saturated rings. The number of carbonyl (C=O) groups excluding carboxylic acids is 1. The Morgan fingerprint density at radius 1 is 1.06 bits per heavy atom. The number of sulfonamides is 1. The quantitative estimate of drug-likeness (QED) is 0.500. The third kappa shape index (κ3) is 5.44. The van der Waals surface area contributed by atoms with E-state index in [1.807, 2.05) is 58.0 Å². The largest absolute Gasteiger partial charge is 0.325 e. The highest BCUT2D eigenvalue weighted by molar-refractivity contribution is 7.99. The van der Waals surface area contributed by atoms with E-state index in [2.05, 4.69) is 10.3 Å². The number of anilines is 1. The van der Waals surface area contributed by atoms with Crippen molar-refractivity contribution in [3.63, 3.8) is 0 Å². The smallest absolute Gasteiger partial charge is 0.243 e. The second-order valence-corrected chi connectivity index (χ2v) is 10.2. The van der Waals surface area contributed by atoms with Gasteiger partial charge >= 0.3 is 0 Å². The molecule has 1 aromatic heterocycles. The minimum absolute atomic E-state index is 0.101. The van der Waals surface area contributed by atoms with Crippen LogP contribution in [0.3, 0.4) is 0 Å². The fraction of sp³-hybridized carbons (Fsp3) is 0.304. The summed E-state index contributed by atoms with van der Waals surface area (Å²) in [4.78, 5) is 17.2. The van der Waals surface area contributed by atoms with Crippen LogP contribution in [0, 0.1) is 13.8 Å². The van der Waals surface area contributed by atoms with Crippen LogP contribution in [-0.2, 0) is 14.8 Å². The molecule has 0 aliphatic heterocycles. The molecule has 0 radical (unpaired) electrons. The lowest BCUT2D eigenvalue weighted by molar-refractivity contribution is -0.113. The fourth-order valence-corrected chi connectivity index (χ4v) is 5.61. The monoisotopic (exact) mass is 457 g/mol. The number of thioether (sulfide) groups is 1. The lowest BCUT2D eigenvalue weighted by atomic mass is 10.1. The minimum atomic E-state index is -3.53. The van der Waals surface area contributed by atoms with Gasteiger partial charge in [0.15, 0.2) is 0 Å². The Labute approximate surface area is 188 Å². The first-order valence-electron chi connectivity index (χ1n) is 10.2. The summed E-state index contributed by atoms with van der Waals surface area (Å²) in [7, 11) is -3.53. The molecule has 3 aromatic rings. The Balaban J connectivity index is 1.77. The second kappa shape index (κ2) is 9.80. The maximum Gasteiger partial charge on any atom is 0.243 e. The Morgan fingerprint density at radius 3 is 2.48 bits per heavy atom. The molecular weight excluding hydrogens is 430 g/mol. The molecule has 0 bridgehead atoms. The molecule has 2 aromatic carbocycles. The Hall–Kier alpha value is -2.42. The lowest BCUT2D eigenvalue weighted by Gasteiger charge is -2.19. The van der Waals surface area contributed by atoms with Crippen LogP contribution >= 0.6 is 11.8 Å². The average molecular weight is 458 g/mol. The van der Waals surface area contributed by atoms with Crippen LogP contribution in [0.15, 0.2) is 58.5 Å². The highest BCUT2D eigenvalue weighted by Gasteiger charge is 2.22. The third-order valence-corrected chi connectivity index (χ3v) is 7.92. The molecule has 0 aliphatic rings. The van der Waals surface area contributed by atoms with Gasteiger partial charge in [0, 0.05) is 24.2 Å². The van der Waals surface area contributed by atoms with E-state index in [0.29, 0.717) is 18.6 Å². The first-order chi connectivity index (χ1) is 14.7. The zero-order chi connectivity index (χ0) is 22.6. The summed E-state index contributed by atoms with van der Waals surface area (Å²) >= 11 is 1.35. The van der Waals surface area contributed by atoms with Crippen molar-refractivity contribution in [3.8, 4) is 0 Å². The van der Waals surface area contributed by atoms with Crippen LogP contribution in [0.25, 0.3) is 10.9 Å². The zero-order valence-corrected chi connectivity index (χ0v) is 19.8. The number of hydrogen-bond donors (Lipinski definition) is 1. The second-order valence-electron chi connectivity index (χ2n) is 7.25. The van der Waals surface area contributed by atoms with E-state index in [4.69, 9.17) is 0 Å². The Morgan fingerprint density at radius 2 is 1.81 bits per heavy atom. The van der Waals surface area contributed by atoms with Crippen LogP contribution in [0.1, 0.15) is 25.0 Å². The fourth-order valence-electron chi connectivity index (χ4n) is 3.35. The topological polar surface area (TPSA) is 79.4 Å². The summed E-state index contributed by atoms with van der Waals surface area (Å²) in [6, 6.07) is 14.6. The summed E-state index contributed by atoms with van der Waals surface area (Å²) in [5, 5.41) is 4.41. The normalized spacial score (nSPS) is 11.8. The average Bonchev–Trinajstić information content (AvgIpc) is 2.73. The van der Waals surface area contributed by atoms with E-state index in [-0.39, 0.29) is 16.6 Å². The van der Waals surface area contributed by atoms with Crippen molar-refractivity contribution in [3.05, 3.63) is 59.7 Å². The van der Waals surface area contributed by atoms with Crippen LogP contribution in [0.5, 0.6) is 0 Å². The molecule has 164 valence electrons. The molecule has 0 atom stereocenters. The number of carbonyl (C=O) groups is 1. The molecule has 1 heterocycles. The van der Waals surface area contributed by atoms with Gasteiger partial charge in [-0.05, 0) is 61.4 Å². The minimum Gasteiger partial charge on any atom is -0.325 e. The first-order valence-corrected chi connectivity index (χ1v) is 12.6. The number of nitrogens with one attached hydrogen (secondary N) is 1. The van der Waals surface area contributed by atoms with Crippen molar-refractivity contribution in [1.82, 2.24) is 9.29 Å². The zero-order valence-electron chi connectivity index (χ0n) is 18.2. The Bertz CT molecular complexity index is 1210. The van der Waals surface area contributed by atoms with Crippen molar-refractivity contribution in [1.29, 1.82) is 0 Å². The van der Waals surface area contributed by atoms with Crippen LogP contribution in [0.2, 0.25) is 0 Å². The summed E-state index contributed by atoms with van der Waals surface area (Å²) in [5.41, 5.74) is 3.48. The van der Waals surface area contributed by atoms with E-state index >= 15 is 0 Å². The van der Waals surface area contributed by atoms with E-state index in [0.717, 1.165) is 27.2 Å². The highest BCUT2D eigenvalue weighted by atomic mass is 32.2. The van der Waals surface area contributed by atoms with E-state index in [1.165, 1.54) is 16.1 Å². The summed E-state index contributed by atoms with van der Waals surface area (Å²) in [6.07, 6.45) is 0. The van der Waals surface area contributed by atoms with Crippen molar-refractivity contribution in [2.75, 3.05) is 24.2 Å². The number of nitrogens with zero attached hydrogens (tertiary/aromatic N) is 2. The van der Waals surface area contributed by atoms with Crippen molar-refractivity contribution in [2.45, 2.75) is 37.6 Å². The molecule has 31 heavy (non-hydrogen) atoms. The third-order valence-electron chi connectivity index (χ3n) is 4.96. The van der Waals surface area contributed by atoms with Gasteiger partial charge in [-0.2, -0.15) is 4.31 Å². The SMILES string of the molecule is CCN(CC)S(=O)(=O)c1ccc2nc(SCC(=O)Nc3cccc(C)c3)cc(C)c2c1. The van der Waals surface area contributed by atoms with Gasteiger partial charge in [-0.3, -0.25) is 4.79 Å². The number of hydrogen-bond acceptors (Lipinski definition) is 5. The van der Waals surface area contributed by atoms with E-state index < -0.39 is 10.0 Å². The molecule has 0 aliphatic carbocycles. The van der Waals surface area contributed by atoms with Crippen LogP contribution < -0.4 is 5.32 Å². The molecule has 1 N–H and O–H groups in total. The van der Waals surface area contributed by atoms with Gasteiger partial charge < -0.3 is 5.32 Å². The summed E-state index contributed by atoms with van der Waals surface area (Å²) < 4.78 is 27.1. The van der Waals surface area contributed by atoms with Crippen LogP contribution in [-0.4, -0.2) is 42.5 Å². The van der Waals surface area contributed by atoms with E-state index in [1.54, 1.807) is 18.2 Å². The lowest BCUT2D eigenvalue weighted by Crippen LogP contribution is -2.30. The molecule has 0 spiro atoms. The van der Waals surface area contributed by atoms with Crippen molar-refractivity contribution < 1.29 is 13.2 Å². The molecule has 8 heteroatoms. The van der Waals surface area contributed by atoms with Gasteiger partial charge in [-0.1, -0.05) is 37.7 Å². The predicted molar refractivity (Wildman–Crippen MR) is 127 cm³/mol. The van der Waals surface area contributed by atoms with Gasteiger partial charge in [0.1, 0.15) is 0 Å². The molecule has 3 rings (SSSR count). The van der Waals surface area contributed by atoms with Crippen molar-refractivity contribution >= 4 is 44.3 Å². The van der Waals surface area contributed by atoms with Crippen molar-refractivity contribution in [2.24, 2.45) is 0 Å². The van der Waals surface area contributed by atoms with E-state index in [9.17, 15) is 13.2 Å². The summed E-state index contributed by atoms with van der Waals surface area (Å²) in [6.45, 7) is 8.41. The number of rotatable bonds is 8. The number of amides is 1. The first kappa shape index (κ1) is 23.2. The maximum atomic E-state index is 12.8. The predicted octanol–water partition coefficient (Wildman–Crippen LogP) is 4.61. The molecule has 0 unspecified atom stereocenters. The number of benzene rings is 2. The number of aryl methyl sites for hydroxylation is 2. The molecule has 0 saturated carbocycles. The van der Waals surface area contributed by atoms with Gasteiger partial charge in [0.25, 0.3) is 0 Å². The molecular formula is C23H27N3O3S2. The summed E-state index contributed by atoms with van der Waals surface area (Å²) in [5.74, 6) is 0.135. The number of aromatic nitrogens is 1. The van der Waals surface area contributed by atoms with Gasteiger partial charge in [-0.25, -0.2) is 13.4 Å². The van der Waals surface area contributed by atoms with Gasteiger partial charge in [-0.15, -0.1) is 0 Å². The Kier molecular flexibility index (Phi) is 7.35. The number of pyridine rings is 1. The molecule has 0 saturated heterocycles. The highest BCUT2D eigenvalue weighted by Crippen LogP contribution is 2.27. The standard InChI is InChI=1S/C23H27N3O3S2/c1-5-26(6-2)31(28,29)19-10-11-21-20(14-19)17(4)13-23(25-21)30-15-22(27)24-18-9-7-8-16(3)12-18/h7-14H,5-6,15H2,1-4H3,(H,24,27). The van der Waals surface area contributed by atoms with Crippen LogP contribution in [0.4, 0.5) is 5.69 Å². The number of fused-ring (bicyclic) bond motifs is 1. The van der Waals surface area contributed by atoms with Gasteiger partial charge in [0.05, 0.1) is 21.2 Å². The molecule has 1 amide bonds. The maximum absolute atomic E-state index is 12.8.